The van der Waals surface area contributed by atoms with Crippen LogP contribution in [0.4, 0.5) is 4.79 Å². The first kappa shape index (κ1) is 24.2. The monoisotopic (exact) mass is 424 g/mol. The molecule has 0 aliphatic carbocycles. The van der Waals surface area contributed by atoms with Gasteiger partial charge in [0.15, 0.2) is 5.41 Å². The van der Waals surface area contributed by atoms with E-state index in [1.54, 1.807) is 66.8 Å². The van der Waals surface area contributed by atoms with E-state index in [1.165, 1.54) is 4.57 Å². The number of fused-ring (bicyclic) bond motifs is 1. The van der Waals surface area contributed by atoms with E-state index < -0.39 is 34.6 Å². The van der Waals surface area contributed by atoms with Gasteiger partial charge in [0.2, 0.25) is 0 Å². The third kappa shape index (κ3) is 4.99. The second kappa shape index (κ2) is 8.58. The summed E-state index contributed by atoms with van der Waals surface area (Å²) in [4.78, 5) is 26.1. The zero-order valence-electron chi connectivity index (χ0n) is 19.5. The number of ether oxygens (including phenoxy) is 2. The summed E-state index contributed by atoms with van der Waals surface area (Å²) in [7, 11) is 0. The molecule has 166 valence electrons. The van der Waals surface area contributed by atoms with Gasteiger partial charge in [-0.05, 0) is 59.6 Å². The van der Waals surface area contributed by atoms with Crippen molar-refractivity contribution in [2.45, 2.75) is 72.0 Å². The van der Waals surface area contributed by atoms with E-state index in [-0.39, 0.29) is 6.42 Å². The van der Waals surface area contributed by atoms with Crippen molar-refractivity contribution in [1.82, 2.24) is 4.57 Å². The fourth-order valence-corrected chi connectivity index (χ4v) is 3.56. The highest BCUT2D eigenvalue weighted by atomic mass is 16.6. The summed E-state index contributed by atoms with van der Waals surface area (Å²) in [5.41, 5.74) is -1.63. The molecule has 0 aliphatic heterocycles. The Labute approximate surface area is 184 Å². The molecule has 1 aromatic carbocycles. The maximum absolute atomic E-state index is 13.2. The quantitative estimate of drug-likeness (QED) is 0.437. The van der Waals surface area contributed by atoms with Gasteiger partial charge in [-0.25, -0.2) is 4.79 Å². The number of aromatic nitrogens is 1. The molecule has 0 bridgehead atoms. The predicted octanol–water partition coefficient (Wildman–Crippen LogP) is 5.96. The lowest BCUT2D eigenvalue weighted by Gasteiger charge is -2.33. The molecule has 6 heteroatoms. The first-order valence-corrected chi connectivity index (χ1v) is 10.4. The van der Waals surface area contributed by atoms with Gasteiger partial charge in [0.05, 0.1) is 11.6 Å². The van der Waals surface area contributed by atoms with E-state index in [1.807, 2.05) is 18.2 Å². The molecule has 0 saturated carbocycles. The summed E-state index contributed by atoms with van der Waals surface area (Å²) < 4.78 is 12.6. The molecule has 2 atom stereocenters. The number of rotatable bonds is 5. The fraction of sp³-hybridized carbons (Fsp3) is 0.480. The smallest absolute Gasteiger partial charge is 0.419 e. The van der Waals surface area contributed by atoms with Gasteiger partial charge in [0.25, 0.3) is 0 Å². The average Bonchev–Trinajstić information content (AvgIpc) is 3.03. The Morgan fingerprint density at radius 2 is 1.71 bits per heavy atom. The number of hydrogen-bond acceptors (Lipinski definition) is 5. The van der Waals surface area contributed by atoms with Crippen molar-refractivity contribution < 1.29 is 19.1 Å². The van der Waals surface area contributed by atoms with Crippen molar-refractivity contribution in [2.75, 3.05) is 0 Å². The van der Waals surface area contributed by atoms with Crippen molar-refractivity contribution in [3.05, 3.63) is 48.7 Å². The van der Waals surface area contributed by atoms with Crippen LogP contribution in [-0.2, 0) is 14.3 Å². The van der Waals surface area contributed by atoms with Crippen molar-refractivity contribution in [1.29, 1.82) is 5.26 Å². The van der Waals surface area contributed by atoms with Gasteiger partial charge in [-0.2, -0.15) is 5.26 Å². The minimum atomic E-state index is -1.49. The van der Waals surface area contributed by atoms with Crippen molar-refractivity contribution in [3.8, 4) is 6.07 Å². The zero-order chi connectivity index (χ0) is 23.6. The third-order valence-electron chi connectivity index (χ3n) is 4.95. The molecule has 0 fully saturated rings. The van der Waals surface area contributed by atoms with Gasteiger partial charge in [-0.15, -0.1) is 6.58 Å². The summed E-state index contributed by atoms with van der Waals surface area (Å²) in [6.07, 6.45) is 2.91. The van der Waals surface area contributed by atoms with E-state index >= 15 is 0 Å². The van der Waals surface area contributed by atoms with Gasteiger partial charge in [0.1, 0.15) is 11.2 Å². The molecule has 0 unspecified atom stereocenters. The standard InChI is InChI=1S/C25H32N2O4/c1-9-19(25(10-2,16-26)21(28)30-23(3,4)5)18-15-27(22(29)31-24(6,7)8)20-14-12-11-13-17(18)20/h9,11-15,19H,1,10H2,2-8H3/t19-,25+/m0/s1. The number of nitriles is 1. The molecule has 2 aromatic rings. The molecule has 0 amide bonds. The van der Waals surface area contributed by atoms with E-state index in [9.17, 15) is 14.9 Å². The molecule has 0 N–H and O–H groups in total. The fourth-order valence-electron chi connectivity index (χ4n) is 3.56. The van der Waals surface area contributed by atoms with Crippen LogP contribution in [0.3, 0.4) is 0 Å². The van der Waals surface area contributed by atoms with E-state index in [0.29, 0.717) is 11.1 Å². The first-order valence-electron chi connectivity index (χ1n) is 10.4. The number of carbonyl (C=O) groups is 2. The summed E-state index contributed by atoms with van der Waals surface area (Å²) in [6, 6.07) is 9.53. The molecule has 31 heavy (non-hydrogen) atoms. The van der Waals surface area contributed by atoms with Crippen LogP contribution in [0.15, 0.2) is 43.1 Å². The average molecular weight is 425 g/mol. The van der Waals surface area contributed by atoms with E-state index in [2.05, 4.69) is 12.6 Å². The summed E-state index contributed by atoms with van der Waals surface area (Å²) >= 11 is 0. The summed E-state index contributed by atoms with van der Waals surface area (Å²) in [5, 5.41) is 10.9. The van der Waals surface area contributed by atoms with E-state index in [0.717, 1.165) is 5.39 Å². The Bertz CT molecular complexity index is 1030. The molecule has 0 saturated heterocycles. The molecule has 0 radical (unpaired) electrons. The number of nitrogens with zero attached hydrogens (tertiary/aromatic N) is 2. The Kier molecular flexibility index (Phi) is 6.70. The summed E-state index contributed by atoms with van der Waals surface area (Å²) in [5.74, 6) is -1.30. The normalized spacial score (nSPS) is 14.9. The number of allylic oxidation sites excluding steroid dienone is 1. The topological polar surface area (TPSA) is 81.3 Å². The zero-order valence-corrected chi connectivity index (χ0v) is 19.5. The predicted molar refractivity (Wildman–Crippen MR) is 121 cm³/mol. The Morgan fingerprint density at radius 3 is 2.19 bits per heavy atom. The van der Waals surface area contributed by atoms with Gasteiger partial charge < -0.3 is 9.47 Å². The second-order valence-corrected chi connectivity index (χ2v) is 9.60. The third-order valence-corrected chi connectivity index (χ3v) is 4.95. The highest BCUT2D eigenvalue weighted by molar-refractivity contribution is 5.94. The SMILES string of the molecule is C=C[C@@H](c1cn(C(=O)OC(C)(C)C)c2ccccc12)[C@](C#N)(CC)C(=O)OC(C)(C)C. The second-order valence-electron chi connectivity index (χ2n) is 9.60. The molecular formula is C25H32N2O4. The van der Waals surface area contributed by atoms with Crippen LogP contribution in [0, 0.1) is 16.7 Å². The lowest BCUT2D eigenvalue weighted by atomic mass is 9.71. The van der Waals surface area contributed by atoms with E-state index in [4.69, 9.17) is 9.47 Å². The van der Waals surface area contributed by atoms with Crippen LogP contribution in [0.1, 0.15) is 66.4 Å². The van der Waals surface area contributed by atoms with Crippen LogP contribution in [-0.4, -0.2) is 27.8 Å². The first-order chi connectivity index (χ1) is 14.3. The number of esters is 1. The van der Waals surface area contributed by atoms with Crippen LogP contribution >= 0.6 is 0 Å². The lowest BCUT2D eigenvalue weighted by molar-refractivity contribution is -0.165. The number of benzene rings is 1. The molecular weight excluding hydrogens is 392 g/mol. The molecule has 0 aliphatic rings. The lowest BCUT2D eigenvalue weighted by Crippen LogP contribution is -2.40. The molecule has 6 nitrogen and oxygen atoms in total. The molecule has 1 aromatic heterocycles. The minimum absolute atomic E-state index is 0.223. The van der Waals surface area contributed by atoms with Crippen LogP contribution in [0.25, 0.3) is 10.9 Å². The maximum atomic E-state index is 13.2. The number of carbonyl (C=O) groups excluding carboxylic acids is 2. The Hall–Kier alpha value is -3.07. The number of hydrogen-bond donors (Lipinski definition) is 0. The van der Waals surface area contributed by atoms with Crippen molar-refractivity contribution >= 4 is 23.0 Å². The Morgan fingerprint density at radius 1 is 1.13 bits per heavy atom. The highest BCUT2D eigenvalue weighted by Gasteiger charge is 2.48. The van der Waals surface area contributed by atoms with Gasteiger partial charge in [-0.3, -0.25) is 9.36 Å². The van der Waals surface area contributed by atoms with Gasteiger partial charge in [0, 0.05) is 17.5 Å². The van der Waals surface area contributed by atoms with Gasteiger partial charge in [-0.1, -0.05) is 31.2 Å². The molecule has 1 heterocycles. The number of para-hydroxylation sites is 1. The van der Waals surface area contributed by atoms with Crippen LogP contribution in [0.5, 0.6) is 0 Å². The largest absolute Gasteiger partial charge is 0.459 e. The van der Waals surface area contributed by atoms with Crippen LogP contribution in [0.2, 0.25) is 0 Å². The minimum Gasteiger partial charge on any atom is -0.459 e. The van der Waals surface area contributed by atoms with Crippen molar-refractivity contribution in [3.63, 3.8) is 0 Å². The Balaban J connectivity index is 2.70. The highest BCUT2D eigenvalue weighted by Crippen LogP contribution is 2.44. The van der Waals surface area contributed by atoms with Crippen molar-refractivity contribution in [2.24, 2.45) is 5.41 Å². The summed E-state index contributed by atoms with van der Waals surface area (Å²) in [6.45, 7) is 16.4. The molecule has 0 spiro atoms. The van der Waals surface area contributed by atoms with Crippen LogP contribution < -0.4 is 0 Å². The maximum Gasteiger partial charge on any atom is 0.419 e. The van der Waals surface area contributed by atoms with Gasteiger partial charge >= 0.3 is 12.1 Å². The molecule has 2 rings (SSSR count).